The Morgan fingerprint density at radius 3 is 2.63 bits per heavy atom. The number of amides is 1. The molecule has 6 nitrogen and oxygen atoms in total. The number of ether oxygens (including phenoxy) is 1. The zero-order chi connectivity index (χ0) is 19.2. The highest BCUT2D eigenvalue weighted by atomic mass is 16.5. The van der Waals surface area contributed by atoms with Gasteiger partial charge in [0, 0.05) is 18.8 Å². The van der Waals surface area contributed by atoms with Crippen LogP contribution in [-0.2, 0) is 9.53 Å². The van der Waals surface area contributed by atoms with Crippen LogP contribution >= 0.6 is 0 Å². The highest BCUT2D eigenvalue weighted by molar-refractivity contribution is 5.95. The number of carbonyl (C=O) groups is 2. The number of aromatic hydroxyl groups is 1. The molecule has 0 spiro atoms. The molecule has 0 fully saturated rings. The van der Waals surface area contributed by atoms with Crippen molar-refractivity contribution in [1.29, 1.82) is 0 Å². The van der Waals surface area contributed by atoms with Gasteiger partial charge in [-0.3, -0.25) is 9.69 Å². The van der Waals surface area contributed by atoms with Crippen LogP contribution in [0.1, 0.15) is 22.3 Å². The van der Waals surface area contributed by atoms with Crippen LogP contribution in [0.2, 0.25) is 0 Å². The van der Waals surface area contributed by atoms with Crippen LogP contribution in [-0.4, -0.2) is 48.6 Å². The fourth-order valence-corrected chi connectivity index (χ4v) is 3.04. The Morgan fingerprint density at radius 1 is 1.19 bits per heavy atom. The molecule has 1 heterocycles. The molecule has 2 N–H and O–H groups in total. The third-order valence-electron chi connectivity index (χ3n) is 4.47. The van der Waals surface area contributed by atoms with Crippen molar-refractivity contribution < 1.29 is 19.4 Å². The molecule has 2 aromatic rings. The van der Waals surface area contributed by atoms with Crippen LogP contribution in [0.25, 0.3) is 5.57 Å². The molecule has 27 heavy (non-hydrogen) atoms. The second kappa shape index (κ2) is 8.51. The number of methoxy groups -OCH3 is 1. The van der Waals surface area contributed by atoms with Crippen LogP contribution in [0.15, 0.2) is 54.6 Å². The summed E-state index contributed by atoms with van der Waals surface area (Å²) < 4.78 is 4.69. The molecule has 2 aromatic carbocycles. The van der Waals surface area contributed by atoms with E-state index in [0.29, 0.717) is 17.8 Å². The molecule has 0 aliphatic carbocycles. The van der Waals surface area contributed by atoms with Gasteiger partial charge in [0.2, 0.25) is 5.91 Å². The lowest BCUT2D eigenvalue weighted by molar-refractivity contribution is -0.117. The van der Waals surface area contributed by atoms with Gasteiger partial charge < -0.3 is 15.2 Å². The Labute approximate surface area is 158 Å². The molecule has 0 radical (unpaired) electrons. The first kappa shape index (κ1) is 18.7. The van der Waals surface area contributed by atoms with Crippen molar-refractivity contribution in [3.05, 3.63) is 65.7 Å². The number of anilines is 1. The summed E-state index contributed by atoms with van der Waals surface area (Å²) in [5.74, 6) is -0.308. The fraction of sp³-hybridized carbons (Fsp3) is 0.238. The number of esters is 1. The second-order valence-corrected chi connectivity index (χ2v) is 6.38. The van der Waals surface area contributed by atoms with Gasteiger partial charge in [0.05, 0.1) is 19.2 Å². The zero-order valence-electron chi connectivity index (χ0n) is 15.1. The van der Waals surface area contributed by atoms with Gasteiger partial charge in [-0.1, -0.05) is 24.3 Å². The first-order chi connectivity index (χ1) is 13.0. The molecular formula is C21H22N2O4. The highest BCUT2D eigenvalue weighted by Crippen LogP contribution is 2.24. The summed E-state index contributed by atoms with van der Waals surface area (Å²) in [6, 6.07) is 13.8. The average Bonchev–Trinajstić information content (AvgIpc) is 2.69. The summed E-state index contributed by atoms with van der Waals surface area (Å²) in [7, 11) is 1.32. The molecule has 140 valence electrons. The summed E-state index contributed by atoms with van der Waals surface area (Å²) in [6.45, 7) is 1.75. The maximum atomic E-state index is 12.3. The van der Waals surface area contributed by atoms with Crippen LogP contribution in [0.3, 0.4) is 0 Å². The normalized spacial score (nSPS) is 14.3. The summed E-state index contributed by atoms with van der Waals surface area (Å²) in [6.07, 6.45) is 2.96. The number of hydrogen-bond donors (Lipinski definition) is 2. The third kappa shape index (κ3) is 4.95. The van der Waals surface area contributed by atoms with Crippen LogP contribution in [0.4, 0.5) is 5.69 Å². The van der Waals surface area contributed by atoms with E-state index in [1.54, 1.807) is 36.4 Å². The molecule has 0 aromatic heterocycles. The minimum atomic E-state index is -0.436. The number of rotatable bonds is 5. The maximum absolute atomic E-state index is 12.3. The van der Waals surface area contributed by atoms with Crippen molar-refractivity contribution in [3.8, 4) is 5.75 Å². The van der Waals surface area contributed by atoms with E-state index in [-0.39, 0.29) is 18.2 Å². The number of hydrogen-bond acceptors (Lipinski definition) is 5. The molecule has 0 saturated heterocycles. The van der Waals surface area contributed by atoms with Gasteiger partial charge in [-0.25, -0.2) is 4.79 Å². The van der Waals surface area contributed by atoms with E-state index in [0.717, 1.165) is 18.5 Å². The quantitative estimate of drug-likeness (QED) is 0.796. The Bertz CT molecular complexity index is 859. The highest BCUT2D eigenvalue weighted by Gasteiger charge is 2.16. The number of nitrogens with zero attached hydrogens (tertiary/aromatic N) is 1. The van der Waals surface area contributed by atoms with Crippen molar-refractivity contribution in [2.75, 3.05) is 32.1 Å². The topological polar surface area (TPSA) is 78.9 Å². The van der Waals surface area contributed by atoms with E-state index in [1.165, 1.54) is 12.7 Å². The lowest BCUT2D eigenvalue weighted by Crippen LogP contribution is -2.36. The first-order valence-corrected chi connectivity index (χ1v) is 8.74. The van der Waals surface area contributed by atoms with Gasteiger partial charge >= 0.3 is 5.97 Å². The van der Waals surface area contributed by atoms with Gasteiger partial charge in [0.15, 0.2) is 0 Å². The Kier molecular flexibility index (Phi) is 5.88. The van der Waals surface area contributed by atoms with Crippen LogP contribution in [0.5, 0.6) is 5.75 Å². The number of phenols is 1. The molecule has 1 aliphatic heterocycles. The number of nitrogens with one attached hydrogen (secondary N) is 1. The standard InChI is InChI=1S/C21H22N2O4/c1-27-21(26)17-3-2-4-18(13-17)22-20(25)14-23-11-9-16(10-12-23)15-5-7-19(24)8-6-15/h2-9,13,24H,10-12,14H2,1H3,(H,22,25). The SMILES string of the molecule is COC(=O)c1cccc(NC(=O)CN2CC=C(c3ccc(O)cc3)CC2)c1. The maximum Gasteiger partial charge on any atom is 0.337 e. The van der Waals surface area contributed by atoms with Gasteiger partial charge in [0.25, 0.3) is 0 Å². The van der Waals surface area contributed by atoms with E-state index < -0.39 is 5.97 Å². The Morgan fingerprint density at radius 2 is 1.96 bits per heavy atom. The summed E-state index contributed by atoms with van der Waals surface area (Å²) in [5, 5.41) is 12.2. The number of carbonyl (C=O) groups excluding carboxylic acids is 2. The van der Waals surface area contributed by atoms with Crippen molar-refractivity contribution in [2.45, 2.75) is 6.42 Å². The molecule has 1 amide bonds. The Hall–Kier alpha value is -3.12. The molecule has 0 saturated carbocycles. The van der Waals surface area contributed by atoms with Gasteiger partial charge in [0.1, 0.15) is 5.75 Å². The first-order valence-electron chi connectivity index (χ1n) is 8.74. The van der Waals surface area contributed by atoms with Crippen LogP contribution < -0.4 is 5.32 Å². The lowest BCUT2D eigenvalue weighted by atomic mass is 9.99. The van der Waals surface area contributed by atoms with Gasteiger partial charge in [-0.05, 0) is 47.9 Å². The fourth-order valence-electron chi connectivity index (χ4n) is 3.04. The largest absolute Gasteiger partial charge is 0.508 e. The second-order valence-electron chi connectivity index (χ2n) is 6.38. The number of benzene rings is 2. The molecule has 6 heteroatoms. The van der Waals surface area contributed by atoms with E-state index >= 15 is 0 Å². The van der Waals surface area contributed by atoms with Gasteiger partial charge in [-0.15, -0.1) is 0 Å². The monoisotopic (exact) mass is 366 g/mol. The predicted octanol–water partition coefficient (Wildman–Crippen LogP) is 2.91. The molecule has 0 atom stereocenters. The van der Waals surface area contributed by atoms with Crippen molar-refractivity contribution in [2.24, 2.45) is 0 Å². The van der Waals surface area contributed by atoms with E-state index in [1.807, 2.05) is 12.1 Å². The third-order valence-corrected chi connectivity index (χ3v) is 4.47. The van der Waals surface area contributed by atoms with Crippen molar-refractivity contribution in [1.82, 2.24) is 4.90 Å². The molecule has 3 rings (SSSR count). The molecule has 1 aliphatic rings. The van der Waals surface area contributed by atoms with Crippen molar-refractivity contribution in [3.63, 3.8) is 0 Å². The molecule has 0 bridgehead atoms. The summed E-state index contributed by atoms with van der Waals surface area (Å²) in [5.41, 5.74) is 3.28. The summed E-state index contributed by atoms with van der Waals surface area (Å²) >= 11 is 0. The Balaban J connectivity index is 1.55. The number of phenolic OH excluding ortho intramolecular Hbond substituents is 1. The van der Waals surface area contributed by atoms with E-state index in [9.17, 15) is 14.7 Å². The predicted molar refractivity (Wildman–Crippen MR) is 104 cm³/mol. The molecular weight excluding hydrogens is 344 g/mol. The average molecular weight is 366 g/mol. The van der Waals surface area contributed by atoms with Crippen LogP contribution in [0, 0.1) is 0 Å². The van der Waals surface area contributed by atoms with Gasteiger partial charge in [-0.2, -0.15) is 0 Å². The minimum Gasteiger partial charge on any atom is -0.508 e. The van der Waals surface area contributed by atoms with E-state index in [2.05, 4.69) is 16.3 Å². The molecule has 0 unspecified atom stereocenters. The zero-order valence-corrected chi connectivity index (χ0v) is 15.1. The summed E-state index contributed by atoms with van der Waals surface area (Å²) in [4.78, 5) is 25.9. The lowest BCUT2D eigenvalue weighted by Gasteiger charge is -2.26. The smallest absolute Gasteiger partial charge is 0.337 e. The van der Waals surface area contributed by atoms with E-state index in [4.69, 9.17) is 4.74 Å². The van der Waals surface area contributed by atoms with Crippen molar-refractivity contribution >= 4 is 23.1 Å². The minimum absolute atomic E-state index is 0.126.